The number of rotatable bonds is 2. The largest absolute Gasteiger partial charge is 0.333 e. The lowest BCUT2D eigenvalue weighted by Crippen LogP contribution is -2.52. The first-order chi connectivity index (χ1) is 8.59. The van der Waals surface area contributed by atoms with Gasteiger partial charge < -0.3 is 10.2 Å². The van der Waals surface area contributed by atoms with Gasteiger partial charge in [0.05, 0.1) is 5.56 Å². The van der Waals surface area contributed by atoms with E-state index in [-0.39, 0.29) is 11.9 Å². The minimum absolute atomic E-state index is 0.0896. The lowest BCUT2D eigenvalue weighted by atomic mass is 10.1. The fourth-order valence-electron chi connectivity index (χ4n) is 2.18. The number of hydrogen-bond donors (Lipinski definition) is 1. The second kappa shape index (κ2) is 5.48. The lowest BCUT2D eigenvalue weighted by Gasteiger charge is -2.34. The minimum Gasteiger partial charge on any atom is -0.333 e. The highest BCUT2D eigenvalue weighted by molar-refractivity contribution is 5.94. The van der Waals surface area contributed by atoms with Crippen LogP contribution in [0.4, 0.5) is 0 Å². The molecular formula is C14H21N3O. The van der Waals surface area contributed by atoms with E-state index in [1.54, 1.807) is 6.20 Å². The molecule has 1 aliphatic heterocycles. The first kappa shape index (κ1) is 13.0. The highest BCUT2D eigenvalue weighted by Crippen LogP contribution is 2.14. The first-order valence-electron chi connectivity index (χ1n) is 6.57. The summed E-state index contributed by atoms with van der Waals surface area (Å²) in [5.74, 6) is 0.485. The molecule has 1 amide bonds. The van der Waals surface area contributed by atoms with Crippen molar-refractivity contribution in [3.05, 3.63) is 29.6 Å². The van der Waals surface area contributed by atoms with Gasteiger partial charge in [0.25, 0.3) is 5.91 Å². The summed E-state index contributed by atoms with van der Waals surface area (Å²) in [6, 6.07) is 4.08. The average molecular weight is 247 g/mol. The van der Waals surface area contributed by atoms with Crippen LogP contribution in [0.15, 0.2) is 18.3 Å². The number of hydrogen-bond acceptors (Lipinski definition) is 3. The van der Waals surface area contributed by atoms with Gasteiger partial charge in [-0.25, -0.2) is 0 Å². The maximum Gasteiger partial charge on any atom is 0.255 e. The van der Waals surface area contributed by atoms with Gasteiger partial charge in [0.15, 0.2) is 0 Å². The van der Waals surface area contributed by atoms with Crippen LogP contribution in [0.25, 0.3) is 0 Å². The molecule has 1 aromatic rings. The Hall–Kier alpha value is -1.42. The molecule has 4 nitrogen and oxygen atoms in total. The fourth-order valence-corrected chi connectivity index (χ4v) is 2.18. The molecule has 0 radical (unpaired) electrons. The maximum atomic E-state index is 12.3. The van der Waals surface area contributed by atoms with Crippen LogP contribution in [-0.2, 0) is 0 Å². The first-order valence-corrected chi connectivity index (χ1v) is 6.57. The molecule has 1 fully saturated rings. The van der Waals surface area contributed by atoms with E-state index in [1.165, 1.54) is 0 Å². The average Bonchev–Trinajstić information content (AvgIpc) is 2.38. The Morgan fingerprint density at radius 3 is 2.83 bits per heavy atom. The molecule has 1 N–H and O–H groups in total. The summed E-state index contributed by atoms with van der Waals surface area (Å²) in [6.45, 7) is 8.77. The molecule has 0 bridgehead atoms. The van der Waals surface area contributed by atoms with E-state index in [1.807, 2.05) is 17.0 Å². The summed E-state index contributed by atoms with van der Waals surface area (Å²) in [6.07, 6.45) is 1.70. The second-order valence-corrected chi connectivity index (χ2v) is 5.18. The molecule has 1 atom stereocenters. The summed E-state index contributed by atoms with van der Waals surface area (Å²) in [5, 5.41) is 3.29. The Morgan fingerprint density at radius 2 is 2.28 bits per heavy atom. The predicted molar refractivity (Wildman–Crippen MR) is 71.7 cm³/mol. The normalized spacial score (nSPS) is 20.2. The van der Waals surface area contributed by atoms with E-state index in [2.05, 4.69) is 31.1 Å². The van der Waals surface area contributed by atoms with Crippen LogP contribution >= 0.6 is 0 Å². The van der Waals surface area contributed by atoms with Crippen LogP contribution in [-0.4, -0.2) is 41.5 Å². The van der Waals surface area contributed by atoms with Crippen molar-refractivity contribution in [1.29, 1.82) is 0 Å². The molecule has 1 saturated heterocycles. The van der Waals surface area contributed by atoms with Gasteiger partial charge >= 0.3 is 0 Å². The maximum absolute atomic E-state index is 12.3. The Bertz CT molecular complexity index is 414. The monoisotopic (exact) mass is 247 g/mol. The van der Waals surface area contributed by atoms with Gasteiger partial charge in [-0.15, -0.1) is 0 Å². The van der Waals surface area contributed by atoms with Gasteiger partial charge in [-0.05, 0) is 25.0 Å². The van der Waals surface area contributed by atoms with E-state index in [0.29, 0.717) is 11.5 Å². The smallest absolute Gasteiger partial charge is 0.255 e. The van der Waals surface area contributed by atoms with Crippen LogP contribution in [0.5, 0.6) is 0 Å². The Labute approximate surface area is 108 Å². The summed E-state index contributed by atoms with van der Waals surface area (Å²) >= 11 is 0. The highest BCUT2D eigenvalue weighted by Gasteiger charge is 2.24. The molecule has 0 saturated carbocycles. The number of nitrogens with zero attached hydrogens (tertiary/aromatic N) is 2. The van der Waals surface area contributed by atoms with Gasteiger partial charge in [0.2, 0.25) is 0 Å². The van der Waals surface area contributed by atoms with Crippen LogP contribution in [0.2, 0.25) is 0 Å². The zero-order valence-electron chi connectivity index (χ0n) is 11.3. The van der Waals surface area contributed by atoms with Gasteiger partial charge in [-0.2, -0.15) is 0 Å². The topological polar surface area (TPSA) is 45.2 Å². The van der Waals surface area contributed by atoms with Gasteiger partial charge in [0.1, 0.15) is 0 Å². The van der Waals surface area contributed by atoms with E-state index in [9.17, 15) is 4.79 Å². The van der Waals surface area contributed by atoms with Crippen molar-refractivity contribution in [3.8, 4) is 0 Å². The third-order valence-electron chi connectivity index (χ3n) is 3.39. The van der Waals surface area contributed by atoms with Crippen LogP contribution in [0, 0.1) is 0 Å². The highest BCUT2D eigenvalue weighted by atomic mass is 16.2. The summed E-state index contributed by atoms with van der Waals surface area (Å²) in [7, 11) is 0. The zero-order chi connectivity index (χ0) is 13.1. The van der Waals surface area contributed by atoms with Crippen molar-refractivity contribution in [2.75, 3.05) is 19.6 Å². The van der Waals surface area contributed by atoms with E-state index >= 15 is 0 Å². The molecule has 2 heterocycles. The molecule has 0 spiro atoms. The standard InChI is InChI=1S/C14H21N3O/c1-10(2)13-5-4-12(9-16-13)14(18)17-7-6-15-8-11(17)3/h4-5,9-11,15H,6-8H2,1-3H3/t11-/m1/s1. The van der Waals surface area contributed by atoms with E-state index in [0.717, 1.165) is 25.3 Å². The number of carbonyl (C=O) groups excluding carboxylic acids is 1. The number of piperazine rings is 1. The molecule has 0 aromatic carbocycles. The van der Waals surface area contributed by atoms with Crippen LogP contribution in [0.1, 0.15) is 42.7 Å². The van der Waals surface area contributed by atoms with E-state index < -0.39 is 0 Å². The molecule has 0 aliphatic carbocycles. The molecule has 0 unspecified atom stereocenters. The fraction of sp³-hybridized carbons (Fsp3) is 0.571. The summed E-state index contributed by atoms with van der Waals surface area (Å²) < 4.78 is 0. The zero-order valence-corrected chi connectivity index (χ0v) is 11.3. The third kappa shape index (κ3) is 2.70. The van der Waals surface area contributed by atoms with Crippen molar-refractivity contribution in [3.63, 3.8) is 0 Å². The van der Waals surface area contributed by atoms with Crippen molar-refractivity contribution in [1.82, 2.24) is 15.2 Å². The summed E-state index contributed by atoms with van der Waals surface area (Å²) in [4.78, 5) is 18.6. The van der Waals surface area contributed by atoms with Crippen molar-refractivity contribution in [2.24, 2.45) is 0 Å². The molecule has 98 valence electrons. The van der Waals surface area contributed by atoms with Crippen molar-refractivity contribution in [2.45, 2.75) is 32.7 Å². The second-order valence-electron chi connectivity index (χ2n) is 5.18. The predicted octanol–water partition coefficient (Wildman–Crippen LogP) is 1.64. The molecule has 1 aromatic heterocycles. The quantitative estimate of drug-likeness (QED) is 0.864. The molecular weight excluding hydrogens is 226 g/mol. The van der Waals surface area contributed by atoms with Gasteiger partial charge in [0, 0.05) is 37.6 Å². The van der Waals surface area contributed by atoms with Crippen molar-refractivity contribution < 1.29 is 4.79 Å². The summed E-state index contributed by atoms with van der Waals surface area (Å²) in [5.41, 5.74) is 1.72. The molecule has 18 heavy (non-hydrogen) atoms. The minimum atomic E-state index is 0.0896. The van der Waals surface area contributed by atoms with Gasteiger partial charge in [-0.3, -0.25) is 9.78 Å². The molecule has 4 heteroatoms. The number of carbonyl (C=O) groups is 1. The van der Waals surface area contributed by atoms with Crippen LogP contribution in [0.3, 0.4) is 0 Å². The SMILES string of the molecule is CC(C)c1ccc(C(=O)N2CCNC[C@H]2C)cn1. The number of amides is 1. The Kier molecular flexibility index (Phi) is 3.97. The number of nitrogens with one attached hydrogen (secondary N) is 1. The Morgan fingerprint density at radius 1 is 1.50 bits per heavy atom. The molecule has 2 rings (SSSR count). The van der Waals surface area contributed by atoms with Crippen molar-refractivity contribution >= 4 is 5.91 Å². The number of aromatic nitrogens is 1. The number of pyridine rings is 1. The third-order valence-corrected chi connectivity index (χ3v) is 3.39. The van der Waals surface area contributed by atoms with E-state index in [4.69, 9.17) is 0 Å². The van der Waals surface area contributed by atoms with Crippen LogP contribution < -0.4 is 5.32 Å². The van der Waals surface area contributed by atoms with Gasteiger partial charge in [-0.1, -0.05) is 13.8 Å². The Balaban J connectivity index is 2.13. The lowest BCUT2D eigenvalue weighted by molar-refractivity contribution is 0.0655. The molecule has 1 aliphatic rings.